The molecule has 0 aliphatic heterocycles. The lowest BCUT2D eigenvalue weighted by Gasteiger charge is -2.15. The van der Waals surface area contributed by atoms with E-state index in [0.717, 1.165) is 23.7 Å². The number of para-hydroxylation sites is 1. The number of rotatable bonds is 7. The number of nitrogens with zero attached hydrogens (tertiary/aromatic N) is 1. The number of carbonyl (C=O) groups excluding carboxylic acids is 2. The third kappa shape index (κ3) is 4.45. The molecule has 26 heavy (non-hydrogen) atoms. The maximum atomic E-state index is 12.5. The fourth-order valence-corrected chi connectivity index (χ4v) is 2.88. The van der Waals surface area contributed by atoms with Crippen LogP contribution in [-0.4, -0.2) is 22.8 Å². The zero-order valence-electron chi connectivity index (χ0n) is 14.4. The minimum atomic E-state index is -0.697. The van der Waals surface area contributed by atoms with Gasteiger partial charge in [0, 0.05) is 11.6 Å². The third-order valence-electron chi connectivity index (χ3n) is 4.30. The molecule has 2 aromatic carbocycles. The summed E-state index contributed by atoms with van der Waals surface area (Å²) in [5, 5.41) is 3.61. The molecular formula is C21H21N3O2. The normalized spacial score (nSPS) is 11.8. The summed E-state index contributed by atoms with van der Waals surface area (Å²) in [6.07, 6.45) is 3.60. The average Bonchev–Trinajstić information content (AvgIpc) is 2.67. The summed E-state index contributed by atoms with van der Waals surface area (Å²) >= 11 is 0. The zero-order chi connectivity index (χ0) is 18.4. The van der Waals surface area contributed by atoms with E-state index in [1.165, 1.54) is 11.8 Å². The standard InChI is InChI=1S/C21H21N3O2/c22-20(25)19(12-6-9-15-7-2-1-3-8-15)24-21(26)17-13-16-10-4-5-11-18(16)23-14-17/h1-5,7-8,10-11,13-14,19H,6,9,12H2,(H2,22,25)(H,24,26)/t19-/m1/s1. The Hall–Kier alpha value is -3.21. The van der Waals surface area contributed by atoms with Crippen molar-refractivity contribution in [2.45, 2.75) is 25.3 Å². The van der Waals surface area contributed by atoms with Gasteiger partial charge in [0.15, 0.2) is 0 Å². The van der Waals surface area contributed by atoms with Crippen LogP contribution in [0.15, 0.2) is 66.9 Å². The van der Waals surface area contributed by atoms with Crippen LogP contribution in [0.2, 0.25) is 0 Å². The van der Waals surface area contributed by atoms with Gasteiger partial charge in [-0.1, -0.05) is 48.5 Å². The van der Waals surface area contributed by atoms with Crippen molar-refractivity contribution in [2.24, 2.45) is 5.73 Å². The Morgan fingerprint density at radius 3 is 2.54 bits per heavy atom. The van der Waals surface area contributed by atoms with Crippen molar-refractivity contribution in [1.29, 1.82) is 0 Å². The highest BCUT2D eigenvalue weighted by atomic mass is 16.2. The van der Waals surface area contributed by atoms with E-state index in [4.69, 9.17) is 5.73 Å². The fourth-order valence-electron chi connectivity index (χ4n) is 2.88. The van der Waals surface area contributed by atoms with E-state index >= 15 is 0 Å². The van der Waals surface area contributed by atoms with E-state index in [2.05, 4.69) is 10.3 Å². The number of fused-ring (bicyclic) bond motifs is 1. The van der Waals surface area contributed by atoms with Crippen LogP contribution in [0, 0.1) is 0 Å². The molecule has 0 unspecified atom stereocenters. The van der Waals surface area contributed by atoms with Crippen molar-refractivity contribution in [3.8, 4) is 0 Å². The Morgan fingerprint density at radius 1 is 1.04 bits per heavy atom. The molecule has 1 heterocycles. The topological polar surface area (TPSA) is 85.1 Å². The van der Waals surface area contributed by atoms with E-state index < -0.39 is 11.9 Å². The molecule has 0 aliphatic carbocycles. The predicted octanol–water partition coefficient (Wildman–Crippen LogP) is 2.84. The highest BCUT2D eigenvalue weighted by molar-refractivity contribution is 5.99. The van der Waals surface area contributed by atoms with E-state index in [1.807, 2.05) is 54.6 Å². The van der Waals surface area contributed by atoms with Crippen LogP contribution in [-0.2, 0) is 11.2 Å². The number of amides is 2. The van der Waals surface area contributed by atoms with Crippen molar-refractivity contribution in [3.63, 3.8) is 0 Å². The summed E-state index contributed by atoms with van der Waals surface area (Å²) in [4.78, 5) is 28.5. The van der Waals surface area contributed by atoms with Gasteiger partial charge in [0.05, 0.1) is 11.1 Å². The summed E-state index contributed by atoms with van der Waals surface area (Å²) in [5.41, 5.74) is 7.89. The highest BCUT2D eigenvalue weighted by Gasteiger charge is 2.19. The number of aromatic nitrogens is 1. The fraction of sp³-hybridized carbons (Fsp3) is 0.190. The van der Waals surface area contributed by atoms with Crippen LogP contribution in [0.1, 0.15) is 28.8 Å². The van der Waals surface area contributed by atoms with Crippen LogP contribution in [0.3, 0.4) is 0 Å². The zero-order valence-corrected chi connectivity index (χ0v) is 14.4. The predicted molar refractivity (Wildman–Crippen MR) is 102 cm³/mol. The Labute approximate surface area is 152 Å². The van der Waals surface area contributed by atoms with Gasteiger partial charge < -0.3 is 11.1 Å². The maximum Gasteiger partial charge on any atom is 0.253 e. The second-order valence-electron chi connectivity index (χ2n) is 6.22. The summed E-state index contributed by atoms with van der Waals surface area (Å²) in [6, 6.07) is 18.6. The number of pyridine rings is 1. The lowest BCUT2D eigenvalue weighted by atomic mass is 10.0. The maximum absolute atomic E-state index is 12.5. The molecule has 0 aliphatic rings. The van der Waals surface area contributed by atoms with Crippen molar-refractivity contribution < 1.29 is 9.59 Å². The Bertz CT molecular complexity index is 909. The molecule has 0 bridgehead atoms. The summed E-state index contributed by atoms with van der Waals surface area (Å²) in [5.74, 6) is -0.869. The molecule has 3 N–H and O–H groups in total. The minimum absolute atomic E-state index is 0.341. The first-order valence-corrected chi connectivity index (χ1v) is 8.62. The first-order valence-electron chi connectivity index (χ1n) is 8.62. The van der Waals surface area contributed by atoms with Gasteiger partial charge in [0.2, 0.25) is 5.91 Å². The molecule has 0 saturated carbocycles. The van der Waals surface area contributed by atoms with E-state index in [-0.39, 0.29) is 5.91 Å². The summed E-state index contributed by atoms with van der Waals surface area (Å²) in [7, 11) is 0. The van der Waals surface area contributed by atoms with Gasteiger partial charge in [-0.3, -0.25) is 14.6 Å². The van der Waals surface area contributed by atoms with Gasteiger partial charge in [-0.2, -0.15) is 0 Å². The van der Waals surface area contributed by atoms with Gasteiger partial charge in [0.25, 0.3) is 5.91 Å². The largest absolute Gasteiger partial charge is 0.368 e. The van der Waals surface area contributed by atoms with Crippen molar-refractivity contribution in [1.82, 2.24) is 10.3 Å². The Morgan fingerprint density at radius 2 is 1.77 bits per heavy atom. The molecule has 0 radical (unpaired) electrons. The Kier molecular flexibility index (Phi) is 5.59. The number of carbonyl (C=O) groups is 2. The van der Waals surface area contributed by atoms with Crippen molar-refractivity contribution in [2.75, 3.05) is 0 Å². The number of hydrogen-bond donors (Lipinski definition) is 2. The molecule has 0 fully saturated rings. The number of hydrogen-bond acceptors (Lipinski definition) is 3. The first kappa shape index (κ1) is 17.6. The molecule has 0 spiro atoms. The van der Waals surface area contributed by atoms with Crippen LogP contribution in [0.25, 0.3) is 10.9 Å². The number of nitrogens with two attached hydrogens (primary N) is 1. The summed E-state index contributed by atoms with van der Waals surface area (Å²) < 4.78 is 0. The van der Waals surface area contributed by atoms with Crippen LogP contribution in [0.5, 0.6) is 0 Å². The smallest absolute Gasteiger partial charge is 0.253 e. The molecule has 0 saturated heterocycles. The lowest BCUT2D eigenvalue weighted by molar-refractivity contribution is -0.120. The van der Waals surface area contributed by atoms with E-state index in [9.17, 15) is 9.59 Å². The van der Waals surface area contributed by atoms with Crippen molar-refractivity contribution in [3.05, 3.63) is 78.0 Å². The SMILES string of the molecule is NC(=O)[C@@H](CCCc1ccccc1)NC(=O)c1cnc2ccccc2c1. The third-order valence-corrected chi connectivity index (χ3v) is 4.30. The molecule has 2 amide bonds. The quantitative estimate of drug-likeness (QED) is 0.689. The van der Waals surface area contributed by atoms with Crippen molar-refractivity contribution >= 4 is 22.7 Å². The molecule has 3 aromatic rings. The molecule has 5 heteroatoms. The molecule has 132 valence electrons. The number of nitrogens with one attached hydrogen (secondary N) is 1. The van der Waals surface area contributed by atoms with Gasteiger partial charge in [0.1, 0.15) is 6.04 Å². The second-order valence-corrected chi connectivity index (χ2v) is 6.22. The lowest BCUT2D eigenvalue weighted by Crippen LogP contribution is -2.44. The van der Waals surface area contributed by atoms with Gasteiger partial charge in [-0.15, -0.1) is 0 Å². The van der Waals surface area contributed by atoms with Gasteiger partial charge >= 0.3 is 0 Å². The number of benzene rings is 2. The van der Waals surface area contributed by atoms with Crippen LogP contribution >= 0.6 is 0 Å². The molecule has 1 atom stereocenters. The molecule has 5 nitrogen and oxygen atoms in total. The number of primary amides is 1. The first-order chi connectivity index (χ1) is 12.6. The molecule has 3 rings (SSSR count). The van der Waals surface area contributed by atoms with Crippen LogP contribution in [0.4, 0.5) is 0 Å². The average molecular weight is 347 g/mol. The van der Waals surface area contributed by atoms with E-state index in [1.54, 1.807) is 6.07 Å². The Balaban J connectivity index is 1.62. The second kappa shape index (κ2) is 8.25. The number of aryl methyl sites for hydroxylation is 1. The van der Waals surface area contributed by atoms with Crippen LogP contribution < -0.4 is 11.1 Å². The van der Waals surface area contributed by atoms with Gasteiger partial charge in [-0.25, -0.2) is 0 Å². The minimum Gasteiger partial charge on any atom is -0.368 e. The molecule has 1 aromatic heterocycles. The van der Waals surface area contributed by atoms with Gasteiger partial charge in [-0.05, 0) is 37.0 Å². The highest BCUT2D eigenvalue weighted by Crippen LogP contribution is 2.13. The molecular weight excluding hydrogens is 326 g/mol. The monoisotopic (exact) mass is 347 g/mol. The summed E-state index contributed by atoms with van der Waals surface area (Å²) in [6.45, 7) is 0. The van der Waals surface area contributed by atoms with E-state index in [0.29, 0.717) is 12.0 Å².